The Kier molecular flexibility index (Phi) is 5.74. The minimum Gasteiger partial charge on any atom is -0.339 e. The molecule has 2 saturated heterocycles. The maximum atomic E-state index is 13.2. The van der Waals surface area contributed by atoms with Gasteiger partial charge in [0.05, 0.1) is 22.2 Å². The number of fused-ring (bicyclic) bond motifs is 1. The second kappa shape index (κ2) is 8.57. The first-order valence-corrected chi connectivity index (χ1v) is 13.1. The van der Waals surface area contributed by atoms with Crippen LogP contribution < -0.4 is 0 Å². The molecule has 2 aliphatic rings. The third-order valence-electron chi connectivity index (χ3n) is 7.21. The molecule has 8 heteroatoms. The Morgan fingerprint density at radius 1 is 0.970 bits per heavy atom. The monoisotopic (exact) mass is 466 g/mol. The van der Waals surface area contributed by atoms with Crippen molar-refractivity contribution >= 4 is 21.4 Å². The molecule has 0 atom stereocenters. The molecule has 0 radical (unpaired) electrons. The summed E-state index contributed by atoms with van der Waals surface area (Å²) in [6.45, 7) is 6.52. The molecule has 0 N–H and O–H groups in total. The molecule has 0 saturated carbocycles. The molecule has 4 heterocycles. The predicted octanol–water partition coefficient (Wildman–Crippen LogP) is 3.76. The first-order chi connectivity index (χ1) is 15.8. The van der Waals surface area contributed by atoms with Crippen LogP contribution in [-0.2, 0) is 10.0 Å². The minimum absolute atomic E-state index is 0.0500. The molecule has 2 aliphatic heterocycles. The van der Waals surface area contributed by atoms with Crippen LogP contribution in [0.2, 0.25) is 0 Å². The lowest BCUT2D eigenvalue weighted by molar-refractivity contribution is 0.0794. The maximum absolute atomic E-state index is 13.2. The number of pyridine rings is 1. The fourth-order valence-corrected chi connectivity index (χ4v) is 6.51. The highest BCUT2D eigenvalue weighted by Gasteiger charge is 2.31. The van der Waals surface area contributed by atoms with Crippen molar-refractivity contribution in [3.05, 3.63) is 65.0 Å². The lowest BCUT2D eigenvalue weighted by atomic mass is 9.90. The van der Waals surface area contributed by atoms with Gasteiger partial charge in [-0.15, -0.1) is 0 Å². The quantitative estimate of drug-likeness (QED) is 0.587. The summed E-state index contributed by atoms with van der Waals surface area (Å²) < 4.78 is 29.7. The van der Waals surface area contributed by atoms with E-state index in [1.807, 2.05) is 37.1 Å². The average molecular weight is 467 g/mol. The summed E-state index contributed by atoms with van der Waals surface area (Å²) in [6.07, 6.45) is 7.19. The van der Waals surface area contributed by atoms with Gasteiger partial charge in [0.1, 0.15) is 0 Å². The van der Waals surface area contributed by atoms with Crippen molar-refractivity contribution < 1.29 is 13.2 Å². The third-order valence-corrected chi connectivity index (χ3v) is 9.11. The van der Waals surface area contributed by atoms with Gasteiger partial charge in [-0.05, 0) is 86.4 Å². The molecule has 174 valence electrons. The number of aromatic nitrogens is 2. The van der Waals surface area contributed by atoms with Gasteiger partial charge in [0.25, 0.3) is 5.91 Å². The molecule has 33 heavy (non-hydrogen) atoms. The zero-order chi connectivity index (χ0) is 23.2. The van der Waals surface area contributed by atoms with Crippen molar-refractivity contribution in [3.63, 3.8) is 0 Å². The van der Waals surface area contributed by atoms with Gasteiger partial charge in [-0.2, -0.15) is 9.40 Å². The summed E-state index contributed by atoms with van der Waals surface area (Å²) in [5.74, 6) is 0.305. The lowest BCUT2D eigenvalue weighted by Gasteiger charge is -2.31. The van der Waals surface area contributed by atoms with Crippen molar-refractivity contribution in [2.75, 3.05) is 26.2 Å². The number of hydrogen-bond acceptors (Lipinski definition) is 4. The van der Waals surface area contributed by atoms with E-state index < -0.39 is 10.0 Å². The summed E-state index contributed by atoms with van der Waals surface area (Å²) in [7, 11) is -3.49. The number of sulfonamides is 1. The first kappa shape index (κ1) is 22.1. The molecule has 3 aromatic rings. The molecule has 5 rings (SSSR count). The molecule has 0 bridgehead atoms. The lowest BCUT2D eigenvalue weighted by Crippen LogP contribution is -2.37. The second-order valence-corrected chi connectivity index (χ2v) is 11.2. The largest absolute Gasteiger partial charge is 0.339 e. The van der Waals surface area contributed by atoms with E-state index in [4.69, 9.17) is 0 Å². The summed E-state index contributed by atoms with van der Waals surface area (Å²) in [6, 6.07) is 9.45. The molecule has 0 aliphatic carbocycles. The molecular formula is C25H30N4O3S. The minimum atomic E-state index is -3.49. The van der Waals surface area contributed by atoms with Crippen molar-refractivity contribution in [1.29, 1.82) is 0 Å². The van der Waals surface area contributed by atoms with E-state index in [9.17, 15) is 13.2 Å². The number of aryl methyl sites for hydroxylation is 2. The van der Waals surface area contributed by atoms with Crippen LogP contribution in [0.5, 0.6) is 0 Å². The third kappa shape index (κ3) is 4.06. The fraction of sp³-hybridized carbons (Fsp3) is 0.440. The zero-order valence-corrected chi connectivity index (χ0v) is 20.0. The number of hydrogen-bond donors (Lipinski definition) is 0. The van der Waals surface area contributed by atoms with Crippen molar-refractivity contribution in [2.24, 2.45) is 0 Å². The molecule has 2 aromatic heterocycles. The standard InChI is InChI=1S/C25H30N4O3S/c1-18-5-6-22(15-19(18)2)33(31,32)28-12-7-20(8-13-28)21-9-14-29-24(16-21)23(17-26-29)25(30)27-10-3-4-11-27/h5-6,9,14-17,20H,3-4,7-8,10-13H2,1-2H3. The first-order valence-electron chi connectivity index (χ1n) is 11.7. The van der Waals surface area contributed by atoms with Crippen LogP contribution in [0.15, 0.2) is 47.6 Å². The van der Waals surface area contributed by atoms with Crippen molar-refractivity contribution in [3.8, 4) is 0 Å². The predicted molar refractivity (Wildman–Crippen MR) is 127 cm³/mol. The van der Waals surface area contributed by atoms with Gasteiger partial charge in [0, 0.05) is 32.4 Å². The van der Waals surface area contributed by atoms with E-state index in [-0.39, 0.29) is 11.8 Å². The average Bonchev–Trinajstić information content (AvgIpc) is 3.50. The van der Waals surface area contributed by atoms with Crippen LogP contribution >= 0.6 is 0 Å². The maximum Gasteiger partial charge on any atom is 0.257 e. The topological polar surface area (TPSA) is 75.0 Å². The van der Waals surface area contributed by atoms with Crippen LogP contribution in [0.25, 0.3) is 5.52 Å². The highest BCUT2D eigenvalue weighted by Crippen LogP contribution is 2.32. The molecule has 1 amide bonds. The number of carbonyl (C=O) groups is 1. The number of likely N-dealkylation sites (tertiary alicyclic amines) is 1. The van der Waals surface area contributed by atoms with E-state index in [1.165, 1.54) is 0 Å². The fourth-order valence-electron chi connectivity index (χ4n) is 4.96. The zero-order valence-electron chi connectivity index (χ0n) is 19.2. The molecule has 0 spiro atoms. The van der Waals surface area contributed by atoms with Gasteiger partial charge >= 0.3 is 0 Å². The Hall–Kier alpha value is -2.71. The Morgan fingerprint density at radius 3 is 2.39 bits per heavy atom. The van der Waals surface area contributed by atoms with Crippen LogP contribution in [0.4, 0.5) is 0 Å². The number of nitrogens with zero attached hydrogens (tertiary/aromatic N) is 4. The van der Waals surface area contributed by atoms with Crippen molar-refractivity contribution in [1.82, 2.24) is 18.8 Å². The summed E-state index contributed by atoms with van der Waals surface area (Å²) in [5, 5.41) is 4.37. The Labute approximate surface area is 195 Å². The van der Waals surface area contributed by atoms with Gasteiger partial charge in [-0.3, -0.25) is 4.79 Å². The number of rotatable bonds is 4. The molecule has 7 nitrogen and oxygen atoms in total. The van der Waals surface area contributed by atoms with Gasteiger partial charge in [0.2, 0.25) is 10.0 Å². The Bertz CT molecular complexity index is 1300. The van der Waals surface area contributed by atoms with Crippen LogP contribution in [-0.4, -0.2) is 59.3 Å². The number of amides is 1. The summed E-state index contributed by atoms with van der Waals surface area (Å²) in [5.41, 5.74) is 4.69. The van der Waals surface area contributed by atoms with E-state index >= 15 is 0 Å². The van der Waals surface area contributed by atoms with Gasteiger partial charge in [0.15, 0.2) is 0 Å². The van der Waals surface area contributed by atoms with Crippen molar-refractivity contribution in [2.45, 2.75) is 50.3 Å². The summed E-state index contributed by atoms with van der Waals surface area (Å²) in [4.78, 5) is 15.2. The highest BCUT2D eigenvalue weighted by atomic mass is 32.2. The van der Waals surface area contributed by atoms with E-state index in [0.717, 1.165) is 61.0 Å². The van der Waals surface area contributed by atoms with Gasteiger partial charge in [-0.1, -0.05) is 6.07 Å². The van der Waals surface area contributed by atoms with Crippen LogP contribution in [0, 0.1) is 13.8 Å². The Balaban J connectivity index is 1.33. The van der Waals surface area contributed by atoms with E-state index in [2.05, 4.69) is 11.2 Å². The van der Waals surface area contributed by atoms with Gasteiger partial charge < -0.3 is 4.90 Å². The van der Waals surface area contributed by atoms with Crippen LogP contribution in [0.3, 0.4) is 0 Å². The van der Waals surface area contributed by atoms with Gasteiger partial charge in [-0.25, -0.2) is 12.9 Å². The number of piperidine rings is 1. The molecule has 0 unspecified atom stereocenters. The SMILES string of the molecule is Cc1ccc(S(=O)(=O)N2CCC(c3ccn4ncc(C(=O)N5CCCC5)c4c3)CC2)cc1C. The number of carbonyl (C=O) groups excluding carboxylic acids is 1. The smallest absolute Gasteiger partial charge is 0.257 e. The highest BCUT2D eigenvalue weighted by molar-refractivity contribution is 7.89. The Morgan fingerprint density at radius 2 is 1.70 bits per heavy atom. The summed E-state index contributed by atoms with van der Waals surface area (Å²) >= 11 is 0. The van der Waals surface area contributed by atoms with Crippen LogP contribution in [0.1, 0.15) is 58.6 Å². The normalized spacial score (nSPS) is 18.3. The second-order valence-electron chi connectivity index (χ2n) is 9.27. The van der Waals surface area contributed by atoms with E-state index in [0.29, 0.717) is 23.5 Å². The molecule has 1 aromatic carbocycles. The van der Waals surface area contributed by atoms with E-state index in [1.54, 1.807) is 27.2 Å². The number of benzene rings is 1. The molecule has 2 fully saturated rings. The molecular weight excluding hydrogens is 436 g/mol.